The first-order chi connectivity index (χ1) is 12.9. The Morgan fingerprint density at radius 1 is 1.22 bits per heavy atom. The highest BCUT2D eigenvalue weighted by Gasteiger charge is 2.25. The lowest BCUT2D eigenvalue weighted by molar-refractivity contribution is 0.199. The zero-order valence-corrected chi connectivity index (χ0v) is 16.0. The molecule has 1 atom stereocenters. The summed E-state index contributed by atoms with van der Waals surface area (Å²) in [5.41, 5.74) is 2.10. The van der Waals surface area contributed by atoms with Gasteiger partial charge in [-0.25, -0.2) is 8.42 Å². The van der Waals surface area contributed by atoms with Gasteiger partial charge in [0.05, 0.1) is 23.0 Å². The van der Waals surface area contributed by atoms with Crippen LogP contribution in [0.5, 0.6) is 5.75 Å². The molecule has 2 N–H and O–H groups in total. The molecule has 1 aliphatic heterocycles. The third-order valence-corrected chi connectivity index (χ3v) is 6.66. The fraction of sp³-hybridized carbons (Fsp3) is 0.300. The Morgan fingerprint density at radius 3 is 2.78 bits per heavy atom. The number of methoxy groups -OCH3 is 1. The second kappa shape index (κ2) is 6.67. The quantitative estimate of drug-likeness (QED) is 0.716. The average molecular weight is 387 g/mol. The van der Waals surface area contributed by atoms with Crippen LogP contribution in [0.4, 0.5) is 0 Å². The van der Waals surface area contributed by atoms with Gasteiger partial charge in [0.1, 0.15) is 5.76 Å². The third-order valence-electron chi connectivity index (χ3n) is 4.93. The number of benzene rings is 2. The van der Waals surface area contributed by atoms with E-state index in [1.165, 1.54) is 25.3 Å². The van der Waals surface area contributed by atoms with Crippen molar-refractivity contribution >= 4 is 20.8 Å². The van der Waals surface area contributed by atoms with Crippen molar-refractivity contribution in [1.82, 2.24) is 5.32 Å². The molecule has 6 nitrogen and oxygen atoms in total. The van der Waals surface area contributed by atoms with Crippen LogP contribution in [0.1, 0.15) is 29.9 Å². The van der Waals surface area contributed by atoms with Gasteiger partial charge in [0.25, 0.3) is 0 Å². The van der Waals surface area contributed by atoms with E-state index in [9.17, 15) is 13.5 Å². The number of aliphatic hydroxyl groups is 1. The fourth-order valence-corrected chi connectivity index (χ4v) is 4.79. The van der Waals surface area contributed by atoms with Crippen molar-refractivity contribution in [3.8, 4) is 5.75 Å². The minimum Gasteiger partial charge on any atom is -0.493 e. The summed E-state index contributed by atoms with van der Waals surface area (Å²) in [7, 11) is -2.28. The molecule has 0 unspecified atom stereocenters. The number of sulfone groups is 1. The number of furan rings is 1. The summed E-state index contributed by atoms with van der Waals surface area (Å²) in [6, 6.07) is 9.51. The summed E-state index contributed by atoms with van der Waals surface area (Å²) in [5, 5.41) is 13.8. The highest BCUT2D eigenvalue weighted by atomic mass is 32.2. The minimum absolute atomic E-state index is 0.137. The number of fused-ring (bicyclic) bond motifs is 3. The summed E-state index contributed by atoms with van der Waals surface area (Å²) < 4.78 is 37.8. The molecule has 0 aliphatic carbocycles. The third kappa shape index (κ3) is 3.01. The van der Waals surface area contributed by atoms with Gasteiger partial charge in [-0.2, -0.15) is 0 Å². The van der Waals surface area contributed by atoms with Gasteiger partial charge in [-0.1, -0.05) is 12.1 Å². The van der Waals surface area contributed by atoms with Crippen LogP contribution in [0.3, 0.4) is 0 Å². The summed E-state index contributed by atoms with van der Waals surface area (Å²) in [5.74, 6) is 1.26. The van der Waals surface area contributed by atoms with Gasteiger partial charge >= 0.3 is 0 Å². The topological polar surface area (TPSA) is 88.8 Å². The standard InChI is InChI=1S/C20H21NO5S/c1-12(22)13-4-3-5-14(8-13)27(23,24)15-9-16-17-11-21-7-6-18(17)26-20(16)19(10-15)25-2/h3-5,8-10,12,21-22H,6-7,11H2,1-2H3/t12-/m0/s1. The van der Waals surface area contributed by atoms with Crippen LogP contribution >= 0.6 is 0 Å². The van der Waals surface area contributed by atoms with Gasteiger partial charge < -0.3 is 19.6 Å². The Balaban J connectivity index is 1.91. The lowest BCUT2D eigenvalue weighted by Gasteiger charge is -2.12. The number of rotatable bonds is 4. The number of nitrogens with one attached hydrogen (secondary N) is 1. The summed E-state index contributed by atoms with van der Waals surface area (Å²) in [4.78, 5) is 0.279. The van der Waals surface area contributed by atoms with E-state index in [2.05, 4.69) is 5.32 Å². The normalized spacial score (nSPS) is 15.5. The molecule has 2 aromatic carbocycles. The van der Waals surface area contributed by atoms with E-state index in [1.807, 2.05) is 0 Å². The Hall–Kier alpha value is -2.35. The molecule has 3 aromatic rings. The molecule has 0 saturated heterocycles. The SMILES string of the molecule is COc1cc(S(=O)(=O)c2cccc([C@H](C)O)c2)cc2c3c(oc12)CCNC3. The van der Waals surface area contributed by atoms with Crippen molar-refractivity contribution in [2.75, 3.05) is 13.7 Å². The highest BCUT2D eigenvalue weighted by Crippen LogP contribution is 2.38. The predicted molar refractivity (Wildman–Crippen MR) is 101 cm³/mol. The summed E-state index contributed by atoms with van der Waals surface area (Å²) >= 11 is 0. The van der Waals surface area contributed by atoms with Gasteiger partial charge in [-0.3, -0.25) is 0 Å². The number of hydrogen-bond donors (Lipinski definition) is 2. The first-order valence-electron chi connectivity index (χ1n) is 8.78. The predicted octanol–water partition coefficient (Wildman–Crippen LogP) is 2.97. The molecule has 0 amide bonds. The van der Waals surface area contributed by atoms with Crippen LogP contribution < -0.4 is 10.1 Å². The second-order valence-corrected chi connectivity index (χ2v) is 8.63. The lowest BCUT2D eigenvalue weighted by Crippen LogP contribution is -2.22. The number of ether oxygens (including phenoxy) is 1. The van der Waals surface area contributed by atoms with E-state index in [4.69, 9.17) is 9.15 Å². The number of hydrogen-bond acceptors (Lipinski definition) is 6. The van der Waals surface area contributed by atoms with Crippen molar-refractivity contribution in [3.63, 3.8) is 0 Å². The molecule has 0 spiro atoms. The first-order valence-corrected chi connectivity index (χ1v) is 10.3. The molecule has 27 heavy (non-hydrogen) atoms. The van der Waals surface area contributed by atoms with Gasteiger partial charge in [0, 0.05) is 36.5 Å². The summed E-state index contributed by atoms with van der Waals surface area (Å²) in [6.45, 7) is 3.06. The van der Waals surface area contributed by atoms with Crippen molar-refractivity contribution in [2.45, 2.75) is 35.8 Å². The van der Waals surface area contributed by atoms with E-state index in [0.29, 0.717) is 23.4 Å². The molecular formula is C20H21NO5S. The van der Waals surface area contributed by atoms with E-state index < -0.39 is 15.9 Å². The Bertz CT molecular complexity index is 1110. The molecule has 0 bridgehead atoms. The average Bonchev–Trinajstić information content (AvgIpc) is 3.06. The van der Waals surface area contributed by atoms with Crippen LogP contribution in [0, 0.1) is 0 Å². The Morgan fingerprint density at radius 2 is 2.04 bits per heavy atom. The van der Waals surface area contributed by atoms with Gasteiger partial charge in [0.2, 0.25) is 9.84 Å². The first kappa shape index (κ1) is 18.0. The van der Waals surface area contributed by atoms with E-state index in [-0.39, 0.29) is 9.79 Å². The molecule has 0 fully saturated rings. The Labute approximate surface area is 157 Å². The van der Waals surface area contributed by atoms with Crippen LogP contribution in [-0.4, -0.2) is 27.2 Å². The van der Waals surface area contributed by atoms with E-state index >= 15 is 0 Å². The molecule has 7 heteroatoms. The van der Waals surface area contributed by atoms with Gasteiger partial charge in [-0.05, 0) is 30.7 Å². The fourth-order valence-electron chi connectivity index (χ4n) is 3.44. The van der Waals surface area contributed by atoms with Gasteiger partial charge in [-0.15, -0.1) is 0 Å². The van der Waals surface area contributed by atoms with E-state index in [0.717, 1.165) is 29.7 Å². The zero-order chi connectivity index (χ0) is 19.2. The van der Waals surface area contributed by atoms with Crippen molar-refractivity contribution in [2.24, 2.45) is 0 Å². The van der Waals surface area contributed by atoms with Crippen LogP contribution in [0.15, 0.2) is 50.6 Å². The lowest BCUT2D eigenvalue weighted by atomic mass is 10.1. The van der Waals surface area contributed by atoms with E-state index in [1.54, 1.807) is 25.1 Å². The zero-order valence-electron chi connectivity index (χ0n) is 15.2. The maximum Gasteiger partial charge on any atom is 0.206 e. The van der Waals surface area contributed by atoms with Crippen LogP contribution in [0.25, 0.3) is 11.0 Å². The molecule has 0 radical (unpaired) electrons. The minimum atomic E-state index is -3.78. The Kier molecular flexibility index (Phi) is 4.46. The van der Waals surface area contributed by atoms with Crippen LogP contribution in [-0.2, 0) is 22.8 Å². The van der Waals surface area contributed by atoms with Crippen LogP contribution in [0.2, 0.25) is 0 Å². The highest BCUT2D eigenvalue weighted by molar-refractivity contribution is 7.91. The largest absolute Gasteiger partial charge is 0.493 e. The van der Waals surface area contributed by atoms with Gasteiger partial charge in [0.15, 0.2) is 11.3 Å². The monoisotopic (exact) mass is 387 g/mol. The second-order valence-electron chi connectivity index (χ2n) is 6.68. The molecule has 1 aliphatic rings. The van der Waals surface area contributed by atoms with Crippen molar-refractivity contribution in [1.29, 1.82) is 0 Å². The smallest absolute Gasteiger partial charge is 0.206 e. The molecule has 0 saturated carbocycles. The molecule has 4 rings (SSSR count). The summed E-state index contributed by atoms with van der Waals surface area (Å²) in [6.07, 6.45) is 0.00947. The van der Waals surface area contributed by atoms with Crippen molar-refractivity contribution < 1.29 is 22.7 Å². The molecule has 1 aromatic heterocycles. The maximum atomic E-state index is 13.2. The van der Waals surface area contributed by atoms with Crippen molar-refractivity contribution in [3.05, 3.63) is 53.3 Å². The maximum absolute atomic E-state index is 13.2. The molecule has 2 heterocycles. The molecular weight excluding hydrogens is 366 g/mol. The number of aliphatic hydroxyl groups excluding tert-OH is 1. The molecule has 142 valence electrons.